The highest BCUT2D eigenvalue weighted by atomic mass is 15.2. The SMILES string of the molecule is c1ccc(-c2c(-c3c4ccccc4cc4ccccc34)nn3c(-c4ccc5ccccc5c4)cc4ccccc4c23)cc1. The van der Waals surface area contributed by atoms with Crippen LogP contribution in [0.2, 0.25) is 0 Å². The van der Waals surface area contributed by atoms with E-state index in [9.17, 15) is 0 Å². The Morgan fingerprint density at radius 3 is 1.63 bits per heavy atom. The first-order valence-electron chi connectivity index (χ1n) is 14.7. The molecule has 0 saturated heterocycles. The Bertz CT molecular complexity index is 2450. The summed E-state index contributed by atoms with van der Waals surface area (Å²) in [6.45, 7) is 0. The van der Waals surface area contributed by atoms with Gasteiger partial charge in [-0.3, -0.25) is 0 Å². The van der Waals surface area contributed by atoms with Crippen molar-refractivity contribution >= 4 is 48.6 Å². The van der Waals surface area contributed by atoms with Gasteiger partial charge in [0, 0.05) is 22.1 Å². The maximum atomic E-state index is 5.58. The van der Waals surface area contributed by atoms with Gasteiger partial charge in [-0.05, 0) is 61.5 Å². The van der Waals surface area contributed by atoms with E-state index in [0.717, 1.165) is 33.6 Å². The fourth-order valence-corrected chi connectivity index (χ4v) is 6.76. The molecule has 0 spiro atoms. The van der Waals surface area contributed by atoms with E-state index in [2.05, 4.69) is 162 Å². The predicted octanol–water partition coefficient (Wildman–Crippen LogP) is 10.9. The van der Waals surface area contributed by atoms with Crippen molar-refractivity contribution in [1.82, 2.24) is 9.61 Å². The van der Waals surface area contributed by atoms with Crippen molar-refractivity contribution in [3.05, 3.63) is 158 Å². The Kier molecular flexibility index (Phi) is 5.23. The summed E-state index contributed by atoms with van der Waals surface area (Å²) in [5.41, 5.74) is 7.83. The summed E-state index contributed by atoms with van der Waals surface area (Å²) in [7, 11) is 0. The van der Waals surface area contributed by atoms with Crippen molar-refractivity contribution in [2.45, 2.75) is 0 Å². The standard InChI is InChI=1S/C41H26N2/c1-2-13-28(14-3-1)38-40(39-34-19-9-6-16-30(34)25-31-17-7-10-20-35(31)39)42-43-37(26-32-18-8-11-21-36(32)41(38)43)33-23-22-27-12-4-5-15-29(27)24-33/h1-26H. The number of nitrogens with zero attached hydrogens (tertiary/aromatic N) is 2. The molecule has 0 saturated carbocycles. The summed E-state index contributed by atoms with van der Waals surface area (Å²) in [5.74, 6) is 0. The van der Waals surface area contributed by atoms with Gasteiger partial charge in [0.25, 0.3) is 0 Å². The van der Waals surface area contributed by atoms with Crippen molar-refractivity contribution in [2.24, 2.45) is 0 Å². The third-order valence-electron chi connectivity index (χ3n) is 8.74. The summed E-state index contributed by atoms with van der Waals surface area (Å²) in [6.07, 6.45) is 0. The molecule has 200 valence electrons. The van der Waals surface area contributed by atoms with E-state index >= 15 is 0 Å². The molecule has 0 amide bonds. The highest BCUT2D eigenvalue weighted by molar-refractivity contribution is 6.17. The monoisotopic (exact) mass is 546 g/mol. The van der Waals surface area contributed by atoms with Gasteiger partial charge in [0.1, 0.15) is 5.69 Å². The third-order valence-corrected chi connectivity index (χ3v) is 8.74. The first-order valence-corrected chi connectivity index (χ1v) is 14.7. The molecule has 0 atom stereocenters. The van der Waals surface area contributed by atoms with Gasteiger partial charge in [0.05, 0.1) is 11.2 Å². The maximum Gasteiger partial charge on any atom is 0.102 e. The summed E-state index contributed by atoms with van der Waals surface area (Å²) in [6, 6.07) is 56.7. The number of aromatic nitrogens is 2. The second-order valence-electron chi connectivity index (χ2n) is 11.2. The summed E-state index contributed by atoms with van der Waals surface area (Å²) in [4.78, 5) is 0. The maximum absolute atomic E-state index is 5.58. The number of hydrogen-bond donors (Lipinski definition) is 0. The lowest BCUT2D eigenvalue weighted by atomic mass is 9.90. The summed E-state index contributed by atoms with van der Waals surface area (Å²) in [5, 5.41) is 15.3. The molecule has 9 rings (SSSR count). The average molecular weight is 547 g/mol. The second kappa shape index (κ2) is 9.40. The summed E-state index contributed by atoms with van der Waals surface area (Å²) >= 11 is 0. The van der Waals surface area contributed by atoms with Crippen LogP contribution in [-0.2, 0) is 0 Å². The molecule has 2 aromatic heterocycles. The smallest absolute Gasteiger partial charge is 0.102 e. The molecular weight excluding hydrogens is 520 g/mol. The number of rotatable bonds is 3. The number of hydrogen-bond acceptors (Lipinski definition) is 1. The van der Waals surface area contributed by atoms with Crippen molar-refractivity contribution in [3.8, 4) is 33.6 Å². The molecule has 43 heavy (non-hydrogen) atoms. The minimum Gasteiger partial charge on any atom is -0.231 e. The second-order valence-corrected chi connectivity index (χ2v) is 11.2. The Morgan fingerprint density at radius 2 is 0.930 bits per heavy atom. The van der Waals surface area contributed by atoms with Crippen LogP contribution in [0.5, 0.6) is 0 Å². The Hall–Kier alpha value is -5.73. The Balaban J connectivity index is 1.50. The molecule has 0 fully saturated rings. The van der Waals surface area contributed by atoms with Gasteiger partial charge in [0.15, 0.2) is 0 Å². The number of fused-ring (bicyclic) bond motifs is 6. The molecule has 0 radical (unpaired) electrons. The van der Waals surface area contributed by atoms with Gasteiger partial charge >= 0.3 is 0 Å². The quantitative estimate of drug-likeness (QED) is 0.201. The van der Waals surface area contributed by atoms with Crippen LogP contribution < -0.4 is 0 Å². The molecule has 9 aromatic rings. The van der Waals surface area contributed by atoms with Crippen molar-refractivity contribution in [1.29, 1.82) is 0 Å². The lowest BCUT2D eigenvalue weighted by Gasteiger charge is -2.12. The molecule has 2 heterocycles. The van der Waals surface area contributed by atoms with E-state index in [1.54, 1.807) is 0 Å². The zero-order valence-corrected chi connectivity index (χ0v) is 23.4. The molecule has 7 aromatic carbocycles. The van der Waals surface area contributed by atoms with E-state index in [4.69, 9.17) is 5.10 Å². The highest BCUT2D eigenvalue weighted by Crippen LogP contribution is 2.45. The number of benzene rings is 7. The van der Waals surface area contributed by atoms with Gasteiger partial charge in [-0.15, -0.1) is 0 Å². The average Bonchev–Trinajstić information content (AvgIpc) is 3.47. The van der Waals surface area contributed by atoms with E-state index < -0.39 is 0 Å². The molecule has 0 N–H and O–H groups in total. The number of pyridine rings is 1. The fourth-order valence-electron chi connectivity index (χ4n) is 6.76. The predicted molar refractivity (Wildman–Crippen MR) is 182 cm³/mol. The van der Waals surface area contributed by atoms with Crippen LogP contribution in [0.15, 0.2) is 158 Å². The van der Waals surface area contributed by atoms with Gasteiger partial charge in [0.2, 0.25) is 0 Å². The van der Waals surface area contributed by atoms with Crippen LogP contribution in [0.4, 0.5) is 0 Å². The topological polar surface area (TPSA) is 17.3 Å². The lowest BCUT2D eigenvalue weighted by Crippen LogP contribution is -1.96. The zero-order chi connectivity index (χ0) is 28.3. The van der Waals surface area contributed by atoms with Crippen molar-refractivity contribution < 1.29 is 0 Å². The Labute approximate surface area is 249 Å². The molecule has 2 nitrogen and oxygen atoms in total. The van der Waals surface area contributed by atoms with Gasteiger partial charge in [-0.1, -0.05) is 140 Å². The largest absolute Gasteiger partial charge is 0.231 e. The molecule has 2 heteroatoms. The molecule has 0 aliphatic rings. The molecule has 0 bridgehead atoms. The minimum atomic E-state index is 0.998. The van der Waals surface area contributed by atoms with E-state index in [0.29, 0.717) is 0 Å². The fraction of sp³-hybridized carbons (Fsp3) is 0. The Morgan fingerprint density at radius 1 is 0.372 bits per heavy atom. The van der Waals surface area contributed by atoms with Crippen molar-refractivity contribution in [3.63, 3.8) is 0 Å². The highest BCUT2D eigenvalue weighted by Gasteiger charge is 2.24. The summed E-state index contributed by atoms with van der Waals surface area (Å²) < 4.78 is 2.20. The lowest BCUT2D eigenvalue weighted by molar-refractivity contribution is 0.981. The molecule has 0 unspecified atom stereocenters. The van der Waals surface area contributed by atoms with Crippen LogP contribution in [0, 0.1) is 0 Å². The van der Waals surface area contributed by atoms with Crippen LogP contribution in [0.3, 0.4) is 0 Å². The molecule has 0 aliphatic carbocycles. The zero-order valence-electron chi connectivity index (χ0n) is 23.4. The first-order chi connectivity index (χ1) is 21.3. The van der Waals surface area contributed by atoms with E-state index in [1.807, 2.05) is 0 Å². The van der Waals surface area contributed by atoms with E-state index in [-0.39, 0.29) is 0 Å². The van der Waals surface area contributed by atoms with Crippen LogP contribution in [-0.4, -0.2) is 9.61 Å². The van der Waals surface area contributed by atoms with Crippen LogP contribution >= 0.6 is 0 Å². The van der Waals surface area contributed by atoms with Gasteiger partial charge in [-0.25, -0.2) is 4.52 Å². The third kappa shape index (κ3) is 3.70. The van der Waals surface area contributed by atoms with E-state index in [1.165, 1.54) is 48.7 Å². The van der Waals surface area contributed by atoms with Gasteiger partial charge < -0.3 is 0 Å². The molecular formula is C41H26N2. The molecule has 0 aliphatic heterocycles. The van der Waals surface area contributed by atoms with Crippen LogP contribution in [0.1, 0.15) is 0 Å². The minimum absolute atomic E-state index is 0.998. The first kappa shape index (κ1) is 23.9. The van der Waals surface area contributed by atoms with Crippen molar-refractivity contribution in [2.75, 3.05) is 0 Å². The van der Waals surface area contributed by atoms with Crippen LogP contribution in [0.25, 0.3) is 82.2 Å². The van der Waals surface area contributed by atoms with Gasteiger partial charge in [-0.2, -0.15) is 5.10 Å². The normalized spacial score (nSPS) is 11.7.